The van der Waals surface area contributed by atoms with E-state index in [2.05, 4.69) is 27.5 Å². The first-order valence-corrected chi connectivity index (χ1v) is 8.18. The number of benzene rings is 1. The van der Waals surface area contributed by atoms with Gasteiger partial charge in [0.1, 0.15) is 0 Å². The third kappa shape index (κ3) is 4.51. The Morgan fingerprint density at radius 3 is 2.68 bits per heavy atom. The number of nitrogens with zero attached hydrogens (tertiary/aromatic N) is 3. The van der Waals surface area contributed by atoms with Gasteiger partial charge in [0.25, 0.3) is 5.91 Å². The lowest BCUT2D eigenvalue weighted by Crippen LogP contribution is -2.25. The molecule has 6 nitrogen and oxygen atoms in total. The van der Waals surface area contributed by atoms with Gasteiger partial charge in [-0.05, 0) is 24.1 Å². The van der Waals surface area contributed by atoms with E-state index in [9.17, 15) is 4.79 Å². The predicted molar refractivity (Wildman–Crippen MR) is 95.0 cm³/mol. The van der Waals surface area contributed by atoms with Gasteiger partial charge in [-0.3, -0.25) is 14.5 Å². The highest BCUT2D eigenvalue weighted by Gasteiger charge is 2.08. The van der Waals surface area contributed by atoms with Crippen LogP contribution < -0.4 is 5.32 Å². The van der Waals surface area contributed by atoms with E-state index in [1.54, 1.807) is 18.5 Å². The second-order valence-corrected chi connectivity index (χ2v) is 5.68. The number of carbonyl (C=O) groups is 1. The van der Waals surface area contributed by atoms with Crippen LogP contribution >= 0.6 is 0 Å². The van der Waals surface area contributed by atoms with Crippen molar-refractivity contribution in [1.29, 1.82) is 0 Å². The van der Waals surface area contributed by atoms with Crippen LogP contribution in [0.1, 0.15) is 22.3 Å². The molecular weight excluding hydrogens is 316 g/mol. The molecule has 0 aliphatic heterocycles. The van der Waals surface area contributed by atoms with E-state index in [0.29, 0.717) is 25.1 Å². The van der Waals surface area contributed by atoms with Crippen molar-refractivity contribution in [2.75, 3.05) is 13.2 Å². The maximum absolute atomic E-state index is 11.9. The van der Waals surface area contributed by atoms with Crippen LogP contribution in [0.25, 0.3) is 11.3 Å². The third-order valence-electron chi connectivity index (χ3n) is 3.76. The van der Waals surface area contributed by atoms with Crippen molar-refractivity contribution in [3.63, 3.8) is 0 Å². The van der Waals surface area contributed by atoms with E-state index in [4.69, 9.17) is 5.11 Å². The van der Waals surface area contributed by atoms with Crippen molar-refractivity contribution in [2.24, 2.45) is 0 Å². The summed E-state index contributed by atoms with van der Waals surface area (Å²) in [6, 6.07) is 13.7. The van der Waals surface area contributed by atoms with Crippen molar-refractivity contribution in [1.82, 2.24) is 20.1 Å². The topological polar surface area (TPSA) is 80.0 Å². The van der Waals surface area contributed by atoms with E-state index < -0.39 is 0 Å². The van der Waals surface area contributed by atoms with E-state index in [0.717, 1.165) is 11.3 Å². The SMILES string of the molecule is O=C(NCCCO)c1ccc(-c2cnn(Cc3ccccc3)c2)nc1. The molecule has 2 aromatic heterocycles. The Hall–Kier alpha value is -2.99. The summed E-state index contributed by atoms with van der Waals surface area (Å²) < 4.78 is 1.86. The monoisotopic (exact) mass is 336 g/mol. The van der Waals surface area contributed by atoms with Crippen molar-refractivity contribution >= 4 is 5.91 Å². The van der Waals surface area contributed by atoms with E-state index in [1.165, 1.54) is 5.56 Å². The van der Waals surface area contributed by atoms with Crippen LogP contribution in [0.15, 0.2) is 61.1 Å². The summed E-state index contributed by atoms with van der Waals surface area (Å²) in [5.41, 5.74) is 3.35. The number of hydrogen-bond acceptors (Lipinski definition) is 4. The quantitative estimate of drug-likeness (QED) is 0.648. The molecule has 3 aromatic rings. The molecular formula is C19H20N4O2. The maximum atomic E-state index is 11.9. The number of nitrogens with one attached hydrogen (secondary N) is 1. The molecule has 0 atom stereocenters. The summed E-state index contributed by atoms with van der Waals surface area (Å²) >= 11 is 0. The van der Waals surface area contributed by atoms with Crippen LogP contribution in [0.4, 0.5) is 0 Å². The summed E-state index contributed by atoms with van der Waals surface area (Å²) in [6.45, 7) is 1.21. The number of aliphatic hydroxyl groups excluding tert-OH is 1. The second kappa shape index (κ2) is 8.21. The Morgan fingerprint density at radius 2 is 1.96 bits per heavy atom. The first-order valence-electron chi connectivity index (χ1n) is 8.18. The lowest BCUT2D eigenvalue weighted by atomic mass is 10.2. The van der Waals surface area contributed by atoms with Gasteiger partial charge in [-0.25, -0.2) is 0 Å². The summed E-state index contributed by atoms with van der Waals surface area (Å²) in [4.78, 5) is 16.3. The molecule has 0 unspecified atom stereocenters. The zero-order valence-corrected chi connectivity index (χ0v) is 13.8. The Balaban J connectivity index is 1.65. The Bertz CT molecular complexity index is 813. The molecule has 0 saturated carbocycles. The molecule has 25 heavy (non-hydrogen) atoms. The fourth-order valence-electron chi connectivity index (χ4n) is 2.43. The first kappa shape index (κ1) is 16.9. The number of hydrogen-bond donors (Lipinski definition) is 2. The van der Waals surface area contributed by atoms with Crippen molar-refractivity contribution in [2.45, 2.75) is 13.0 Å². The molecule has 1 amide bonds. The van der Waals surface area contributed by atoms with Crippen LogP contribution in [-0.2, 0) is 6.54 Å². The van der Waals surface area contributed by atoms with Gasteiger partial charge in [0.05, 0.1) is 24.0 Å². The minimum atomic E-state index is -0.188. The summed E-state index contributed by atoms with van der Waals surface area (Å²) in [5, 5.41) is 15.8. The molecule has 2 heterocycles. The van der Waals surface area contributed by atoms with Crippen LogP contribution in [0.3, 0.4) is 0 Å². The second-order valence-electron chi connectivity index (χ2n) is 5.68. The molecule has 6 heteroatoms. The van der Waals surface area contributed by atoms with Crippen molar-refractivity contribution in [3.05, 3.63) is 72.2 Å². The predicted octanol–water partition coefficient (Wildman–Crippen LogP) is 2.11. The zero-order chi connectivity index (χ0) is 17.5. The highest BCUT2D eigenvalue weighted by Crippen LogP contribution is 2.16. The zero-order valence-electron chi connectivity index (χ0n) is 13.8. The maximum Gasteiger partial charge on any atom is 0.252 e. The highest BCUT2D eigenvalue weighted by atomic mass is 16.3. The molecule has 0 saturated heterocycles. The van der Waals surface area contributed by atoms with Crippen molar-refractivity contribution < 1.29 is 9.90 Å². The number of amides is 1. The summed E-state index contributed by atoms with van der Waals surface area (Å²) in [5.74, 6) is -0.188. The Morgan fingerprint density at radius 1 is 1.12 bits per heavy atom. The van der Waals surface area contributed by atoms with Crippen LogP contribution in [0.5, 0.6) is 0 Å². The fourth-order valence-corrected chi connectivity index (χ4v) is 2.43. The van der Waals surface area contributed by atoms with E-state index in [1.807, 2.05) is 35.1 Å². The highest BCUT2D eigenvalue weighted by molar-refractivity contribution is 5.94. The van der Waals surface area contributed by atoms with Gasteiger partial charge in [-0.15, -0.1) is 0 Å². The lowest BCUT2D eigenvalue weighted by Gasteiger charge is -2.04. The van der Waals surface area contributed by atoms with Gasteiger partial charge < -0.3 is 10.4 Å². The molecule has 0 aliphatic carbocycles. The fraction of sp³-hybridized carbons (Fsp3) is 0.211. The van der Waals surface area contributed by atoms with Gasteiger partial charge in [-0.2, -0.15) is 5.10 Å². The van der Waals surface area contributed by atoms with Gasteiger partial charge in [-0.1, -0.05) is 30.3 Å². The van der Waals surface area contributed by atoms with Gasteiger partial charge >= 0.3 is 0 Å². The number of rotatable bonds is 7. The number of aliphatic hydroxyl groups is 1. The van der Waals surface area contributed by atoms with Gasteiger partial charge in [0.15, 0.2) is 0 Å². The molecule has 0 fully saturated rings. The standard InChI is InChI=1S/C19H20N4O2/c24-10-4-9-20-19(25)16-7-8-18(21-11-16)17-12-22-23(14-17)13-15-5-2-1-3-6-15/h1-3,5-8,11-12,14,24H,4,9-10,13H2,(H,20,25). The largest absolute Gasteiger partial charge is 0.396 e. The molecule has 0 bridgehead atoms. The van der Waals surface area contributed by atoms with Crippen LogP contribution in [0, 0.1) is 0 Å². The molecule has 3 rings (SSSR count). The number of aromatic nitrogens is 3. The number of pyridine rings is 1. The van der Waals surface area contributed by atoms with E-state index in [-0.39, 0.29) is 12.5 Å². The van der Waals surface area contributed by atoms with Crippen molar-refractivity contribution in [3.8, 4) is 11.3 Å². The van der Waals surface area contributed by atoms with E-state index >= 15 is 0 Å². The number of carbonyl (C=O) groups excluding carboxylic acids is 1. The van der Waals surface area contributed by atoms with Crippen LogP contribution in [-0.4, -0.2) is 38.9 Å². The van der Waals surface area contributed by atoms with Gasteiger partial charge in [0, 0.05) is 31.1 Å². The third-order valence-corrected chi connectivity index (χ3v) is 3.76. The minimum Gasteiger partial charge on any atom is -0.396 e. The summed E-state index contributed by atoms with van der Waals surface area (Å²) in [6.07, 6.45) is 5.80. The Labute approximate surface area is 146 Å². The lowest BCUT2D eigenvalue weighted by molar-refractivity contribution is 0.0951. The molecule has 1 aromatic carbocycles. The molecule has 0 radical (unpaired) electrons. The first-order chi connectivity index (χ1) is 12.3. The Kier molecular flexibility index (Phi) is 5.53. The molecule has 128 valence electrons. The normalized spacial score (nSPS) is 10.6. The average molecular weight is 336 g/mol. The molecule has 0 spiro atoms. The minimum absolute atomic E-state index is 0.0600. The smallest absolute Gasteiger partial charge is 0.252 e. The average Bonchev–Trinajstić information content (AvgIpc) is 3.11. The summed E-state index contributed by atoms with van der Waals surface area (Å²) in [7, 11) is 0. The van der Waals surface area contributed by atoms with Gasteiger partial charge in [0.2, 0.25) is 0 Å². The molecule has 0 aliphatic rings. The van der Waals surface area contributed by atoms with Crippen LogP contribution in [0.2, 0.25) is 0 Å². The molecule has 2 N–H and O–H groups in total.